The molecule has 4 heteroatoms. The van der Waals surface area contributed by atoms with Crippen LogP contribution >= 0.6 is 11.3 Å². The monoisotopic (exact) mass is 283 g/mol. The molecule has 1 rings (SSSR count). The molecule has 0 aromatic carbocycles. The highest BCUT2D eigenvalue weighted by atomic mass is 32.1. The molecule has 108 valence electrons. The molecule has 0 aliphatic carbocycles. The lowest BCUT2D eigenvalue weighted by Gasteiger charge is -2.14. The maximum Gasteiger partial charge on any atom is 0.261 e. The summed E-state index contributed by atoms with van der Waals surface area (Å²) in [6.07, 6.45) is 2.62. The standard InChI is InChI=1S/C15H25NO2S/c1-5-7-13-11(6-2)8-14(19-13)15(18)16-9-12(17)10(3)4/h8,10,12,17H,5-7,9H2,1-4H3,(H,16,18). The van der Waals surface area contributed by atoms with Gasteiger partial charge in [0.05, 0.1) is 11.0 Å². The van der Waals surface area contributed by atoms with Crippen LogP contribution in [0.3, 0.4) is 0 Å². The van der Waals surface area contributed by atoms with Gasteiger partial charge in [-0.1, -0.05) is 34.1 Å². The van der Waals surface area contributed by atoms with E-state index in [1.807, 2.05) is 19.9 Å². The lowest BCUT2D eigenvalue weighted by Crippen LogP contribution is -2.34. The highest BCUT2D eigenvalue weighted by molar-refractivity contribution is 7.14. The van der Waals surface area contributed by atoms with Crippen molar-refractivity contribution in [3.8, 4) is 0 Å². The van der Waals surface area contributed by atoms with Gasteiger partial charge in [0.15, 0.2) is 0 Å². The van der Waals surface area contributed by atoms with E-state index in [2.05, 4.69) is 19.2 Å². The van der Waals surface area contributed by atoms with Crippen LogP contribution in [0.5, 0.6) is 0 Å². The van der Waals surface area contributed by atoms with Crippen LogP contribution in [-0.2, 0) is 12.8 Å². The van der Waals surface area contributed by atoms with Crippen LogP contribution < -0.4 is 5.32 Å². The molecule has 2 N–H and O–H groups in total. The lowest BCUT2D eigenvalue weighted by atomic mass is 10.1. The molecule has 0 aliphatic rings. The summed E-state index contributed by atoms with van der Waals surface area (Å²) in [6.45, 7) is 8.47. The van der Waals surface area contributed by atoms with E-state index in [0.29, 0.717) is 6.54 Å². The van der Waals surface area contributed by atoms with E-state index in [9.17, 15) is 9.90 Å². The fourth-order valence-electron chi connectivity index (χ4n) is 1.84. The van der Waals surface area contributed by atoms with Gasteiger partial charge >= 0.3 is 0 Å². The molecule has 0 aliphatic heterocycles. The van der Waals surface area contributed by atoms with Crippen LogP contribution in [0.1, 0.15) is 54.2 Å². The Bertz CT molecular complexity index is 412. The third-order valence-corrected chi connectivity index (χ3v) is 4.46. The second-order valence-corrected chi connectivity index (χ2v) is 6.32. The van der Waals surface area contributed by atoms with Gasteiger partial charge in [-0.15, -0.1) is 11.3 Å². The number of nitrogens with one attached hydrogen (secondary N) is 1. The van der Waals surface area contributed by atoms with Crippen LogP contribution in [0.4, 0.5) is 0 Å². The zero-order valence-electron chi connectivity index (χ0n) is 12.3. The maximum atomic E-state index is 12.0. The van der Waals surface area contributed by atoms with Crippen LogP contribution in [-0.4, -0.2) is 23.7 Å². The van der Waals surface area contributed by atoms with E-state index in [4.69, 9.17) is 0 Å². The summed E-state index contributed by atoms with van der Waals surface area (Å²) in [5, 5.41) is 12.5. The number of carbonyl (C=O) groups is 1. The van der Waals surface area contributed by atoms with Crippen molar-refractivity contribution in [1.29, 1.82) is 0 Å². The van der Waals surface area contributed by atoms with Crippen molar-refractivity contribution in [2.24, 2.45) is 5.92 Å². The molecule has 0 saturated carbocycles. The molecule has 1 atom stereocenters. The summed E-state index contributed by atoms with van der Waals surface area (Å²) >= 11 is 1.58. The molecule has 3 nitrogen and oxygen atoms in total. The normalized spacial score (nSPS) is 12.7. The predicted octanol–water partition coefficient (Wildman–Crippen LogP) is 3.01. The van der Waals surface area contributed by atoms with Crippen LogP contribution in [0.2, 0.25) is 0 Å². The molecule has 19 heavy (non-hydrogen) atoms. The van der Waals surface area contributed by atoms with Gasteiger partial charge in [0.2, 0.25) is 0 Å². The quantitative estimate of drug-likeness (QED) is 0.808. The lowest BCUT2D eigenvalue weighted by molar-refractivity contribution is 0.0875. The van der Waals surface area contributed by atoms with Gasteiger partial charge in [0.1, 0.15) is 0 Å². The summed E-state index contributed by atoms with van der Waals surface area (Å²) in [5.74, 6) is 0.0900. The first-order valence-electron chi connectivity index (χ1n) is 7.07. The van der Waals surface area contributed by atoms with Gasteiger partial charge in [-0.25, -0.2) is 0 Å². The molecule has 0 spiro atoms. The van der Waals surface area contributed by atoms with E-state index in [1.54, 1.807) is 11.3 Å². The van der Waals surface area contributed by atoms with E-state index >= 15 is 0 Å². The smallest absolute Gasteiger partial charge is 0.261 e. The van der Waals surface area contributed by atoms with Crippen molar-refractivity contribution in [3.63, 3.8) is 0 Å². The second-order valence-electron chi connectivity index (χ2n) is 5.18. The summed E-state index contributed by atoms with van der Waals surface area (Å²) in [4.78, 5) is 14.1. The number of thiophene rings is 1. The Labute approximate surface area is 120 Å². The van der Waals surface area contributed by atoms with Crippen molar-refractivity contribution in [2.45, 2.75) is 53.1 Å². The Morgan fingerprint density at radius 2 is 2.11 bits per heavy atom. The average Bonchev–Trinajstić information content (AvgIpc) is 2.79. The van der Waals surface area contributed by atoms with Gasteiger partial charge in [-0.2, -0.15) is 0 Å². The zero-order chi connectivity index (χ0) is 14.4. The summed E-state index contributed by atoms with van der Waals surface area (Å²) in [6, 6.07) is 1.99. The third-order valence-electron chi connectivity index (χ3n) is 3.22. The fourth-order valence-corrected chi connectivity index (χ4v) is 3.11. The minimum Gasteiger partial charge on any atom is -0.391 e. The minimum absolute atomic E-state index is 0.0678. The van der Waals surface area contributed by atoms with Crippen LogP contribution in [0.15, 0.2) is 6.07 Å². The molecule has 0 saturated heterocycles. The van der Waals surface area contributed by atoms with Crippen molar-refractivity contribution in [3.05, 3.63) is 21.4 Å². The topological polar surface area (TPSA) is 49.3 Å². The predicted molar refractivity (Wildman–Crippen MR) is 80.9 cm³/mol. The van der Waals surface area contributed by atoms with E-state index in [0.717, 1.165) is 24.1 Å². The Hall–Kier alpha value is -0.870. The number of amides is 1. The number of aryl methyl sites for hydroxylation is 2. The maximum absolute atomic E-state index is 12.0. The fraction of sp³-hybridized carbons (Fsp3) is 0.667. The highest BCUT2D eigenvalue weighted by Crippen LogP contribution is 2.24. The van der Waals surface area contributed by atoms with Crippen LogP contribution in [0, 0.1) is 5.92 Å². The molecule has 0 fully saturated rings. The van der Waals surface area contributed by atoms with Gasteiger partial charge in [0.25, 0.3) is 5.91 Å². The molecule has 1 unspecified atom stereocenters. The first-order chi connectivity index (χ1) is 8.99. The van der Waals surface area contributed by atoms with Crippen LogP contribution in [0.25, 0.3) is 0 Å². The Kier molecular flexibility index (Phi) is 6.52. The summed E-state index contributed by atoms with van der Waals surface area (Å²) < 4.78 is 0. The first-order valence-corrected chi connectivity index (χ1v) is 7.89. The number of rotatable bonds is 7. The number of hydrogen-bond donors (Lipinski definition) is 2. The van der Waals surface area contributed by atoms with Gasteiger partial charge in [0, 0.05) is 11.4 Å². The Morgan fingerprint density at radius 3 is 2.63 bits per heavy atom. The van der Waals surface area contributed by atoms with E-state index in [-0.39, 0.29) is 11.8 Å². The number of aliphatic hydroxyl groups excluding tert-OH is 1. The van der Waals surface area contributed by atoms with Crippen molar-refractivity contribution in [2.75, 3.05) is 6.54 Å². The third kappa shape index (κ3) is 4.62. The van der Waals surface area contributed by atoms with Crippen molar-refractivity contribution in [1.82, 2.24) is 5.32 Å². The van der Waals surface area contributed by atoms with E-state index in [1.165, 1.54) is 10.4 Å². The minimum atomic E-state index is -0.482. The van der Waals surface area contributed by atoms with Crippen molar-refractivity contribution >= 4 is 17.2 Å². The number of hydrogen-bond acceptors (Lipinski definition) is 3. The molecule has 1 aromatic rings. The Morgan fingerprint density at radius 1 is 1.42 bits per heavy atom. The first kappa shape index (κ1) is 16.2. The molecule has 1 aromatic heterocycles. The summed E-state index contributed by atoms with van der Waals surface area (Å²) in [5.41, 5.74) is 1.28. The molecule has 0 radical (unpaired) electrons. The zero-order valence-corrected chi connectivity index (χ0v) is 13.1. The molecular formula is C15H25NO2S. The number of aliphatic hydroxyl groups is 1. The molecular weight excluding hydrogens is 258 g/mol. The molecule has 1 amide bonds. The largest absolute Gasteiger partial charge is 0.391 e. The average molecular weight is 283 g/mol. The van der Waals surface area contributed by atoms with E-state index < -0.39 is 6.10 Å². The number of carbonyl (C=O) groups excluding carboxylic acids is 1. The van der Waals surface area contributed by atoms with Gasteiger partial charge in [-0.3, -0.25) is 4.79 Å². The summed E-state index contributed by atoms with van der Waals surface area (Å²) in [7, 11) is 0. The van der Waals surface area contributed by atoms with Crippen molar-refractivity contribution < 1.29 is 9.90 Å². The highest BCUT2D eigenvalue weighted by Gasteiger charge is 2.15. The molecule has 0 bridgehead atoms. The molecule has 1 heterocycles. The van der Waals surface area contributed by atoms with Gasteiger partial charge < -0.3 is 10.4 Å². The second kappa shape index (κ2) is 7.65. The SMILES string of the molecule is CCCc1sc(C(=O)NCC(O)C(C)C)cc1CC. The van der Waals surface area contributed by atoms with Gasteiger partial charge in [-0.05, 0) is 30.4 Å². The Balaban J connectivity index is 2.66.